The van der Waals surface area contributed by atoms with Crippen LogP contribution in [0.25, 0.3) is 0 Å². The van der Waals surface area contributed by atoms with Crippen LogP contribution >= 0.6 is 0 Å². The Hall–Kier alpha value is -2.84. The van der Waals surface area contributed by atoms with Crippen LogP contribution in [-0.2, 0) is 25.8 Å². The van der Waals surface area contributed by atoms with E-state index < -0.39 is 20.0 Å². The van der Waals surface area contributed by atoms with Gasteiger partial charge in [0.15, 0.2) is 0 Å². The SMILES string of the molecule is Cc1cccc(NS(=O)(=O)c2ccc(NS(=O)(=O)Cc3ccccc3C)cc2)c1. The van der Waals surface area contributed by atoms with Crippen LogP contribution in [0.4, 0.5) is 11.4 Å². The average Bonchev–Trinajstić information content (AvgIpc) is 2.63. The van der Waals surface area contributed by atoms with Gasteiger partial charge in [-0.05, 0) is 66.9 Å². The molecule has 0 heterocycles. The van der Waals surface area contributed by atoms with Crippen molar-refractivity contribution in [3.63, 3.8) is 0 Å². The van der Waals surface area contributed by atoms with Gasteiger partial charge in [-0.1, -0.05) is 36.4 Å². The van der Waals surface area contributed by atoms with Crippen molar-refractivity contribution in [1.29, 1.82) is 0 Å². The molecule has 0 aliphatic carbocycles. The molecule has 0 aliphatic rings. The van der Waals surface area contributed by atoms with Gasteiger partial charge in [0.05, 0.1) is 10.6 Å². The largest absolute Gasteiger partial charge is 0.283 e. The van der Waals surface area contributed by atoms with Crippen LogP contribution in [0.5, 0.6) is 0 Å². The first kappa shape index (κ1) is 20.9. The number of rotatable bonds is 7. The minimum absolute atomic E-state index is 0.0425. The fourth-order valence-corrected chi connectivity index (χ4v) is 5.17. The van der Waals surface area contributed by atoms with Crippen LogP contribution in [0.15, 0.2) is 77.7 Å². The zero-order valence-corrected chi connectivity index (χ0v) is 17.7. The lowest BCUT2D eigenvalue weighted by Crippen LogP contribution is -2.16. The van der Waals surface area contributed by atoms with Gasteiger partial charge in [-0.2, -0.15) is 0 Å². The van der Waals surface area contributed by atoms with Crippen molar-refractivity contribution in [2.24, 2.45) is 0 Å². The molecule has 0 aliphatic heterocycles. The van der Waals surface area contributed by atoms with Crippen LogP contribution in [0, 0.1) is 13.8 Å². The molecule has 0 radical (unpaired) electrons. The highest BCUT2D eigenvalue weighted by Crippen LogP contribution is 2.20. The zero-order chi connectivity index (χ0) is 21.1. The Bertz CT molecular complexity index is 1220. The molecule has 0 bridgehead atoms. The molecule has 0 fully saturated rings. The van der Waals surface area contributed by atoms with Gasteiger partial charge in [-0.15, -0.1) is 0 Å². The van der Waals surface area contributed by atoms with Crippen LogP contribution in [0.3, 0.4) is 0 Å². The van der Waals surface area contributed by atoms with Gasteiger partial charge in [0.25, 0.3) is 10.0 Å². The molecule has 0 saturated heterocycles. The van der Waals surface area contributed by atoms with Crippen molar-refractivity contribution in [2.45, 2.75) is 24.5 Å². The molecular weight excluding hydrogens is 408 g/mol. The first-order valence-electron chi connectivity index (χ1n) is 8.89. The number of hydrogen-bond donors (Lipinski definition) is 2. The molecule has 0 spiro atoms. The van der Waals surface area contributed by atoms with Gasteiger partial charge >= 0.3 is 0 Å². The number of aryl methyl sites for hydroxylation is 2. The minimum atomic E-state index is -3.77. The molecule has 0 atom stereocenters. The summed E-state index contributed by atoms with van der Waals surface area (Å²) in [6.45, 7) is 3.72. The fraction of sp³-hybridized carbons (Fsp3) is 0.143. The normalized spacial score (nSPS) is 11.8. The van der Waals surface area contributed by atoms with E-state index in [1.165, 1.54) is 24.3 Å². The Morgan fingerprint density at radius 3 is 2.07 bits per heavy atom. The van der Waals surface area contributed by atoms with Crippen molar-refractivity contribution in [2.75, 3.05) is 9.44 Å². The van der Waals surface area contributed by atoms with Gasteiger partial charge < -0.3 is 0 Å². The first-order chi connectivity index (χ1) is 13.6. The molecule has 152 valence electrons. The molecular formula is C21H22N2O4S2. The standard InChI is InChI=1S/C21H22N2O4S2/c1-16-6-5-9-20(14-16)23-29(26,27)21-12-10-19(11-13-21)22-28(24,25)15-18-8-4-3-7-17(18)2/h3-14,22-23H,15H2,1-2H3. The molecule has 0 unspecified atom stereocenters. The Balaban J connectivity index is 1.73. The maximum absolute atomic E-state index is 12.5. The highest BCUT2D eigenvalue weighted by atomic mass is 32.2. The second-order valence-corrected chi connectivity index (χ2v) is 10.2. The average molecular weight is 431 g/mol. The maximum Gasteiger partial charge on any atom is 0.261 e. The van der Waals surface area contributed by atoms with Crippen LogP contribution in [0.2, 0.25) is 0 Å². The van der Waals surface area contributed by atoms with Crippen molar-refractivity contribution in [3.8, 4) is 0 Å². The number of anilines is 2. The fourth-order valence-electron chi connectivity index (χ4n) is 2.82. The third-order valence-corrected chi connectivity index (χ3v) is 6.95. The van der Waals surface area contributed by atoms with E-state index in [2.05, 4.69) is 9.44 Å². The van der Waals surface area contributed by atoms with Crippen LogP contribution < -0.4 is 9.44 Å². The summed E-state index contributed by atoms with van der Waals surface area (Å²) in [5.41, 5.74) is 3.30. The highest BCUT2D eigenvalue weighted by Gasteiger charge is 2.16. The summed E-state index contributed by atoms with van der Waals surface area (Å²) in [4.78, 5) is 0.0425. The Morgan fingerprint density at radius 2 is 1.41 bits per heavy atom. The smallest absolute Gasteiger partial charge is 0.261 e. The second kappa shape index (κ2) is 8.26. The highest BCUT2D eigenvalue weighted by molar-refractivity contribution is 7.92. The summed E-state index contributed by atoms with van der Waals surface area (Å²) in [7, 11) is -7.40. The minimum Gasteiger partial charge on any atom is -0.283 e. The Kier molecular flexibility index (Phi) is 5.95. The van der Waals surface area contributed by atoms with Crippen molar-refractivity contribution in [3.05, 3.63) is 89.5 Å². The van der Waals surface area contributed by atoms with Crippen molar-refractivity contribution in [1.82, 2.24) is 0 Å². The molecule has 0 amide bonds. The molecule has 3 aromatic rings. The first-order valence-corrected chi connectivity index (χ1v) is 12.0. The van der Waals surface area contributed by atoms with Crippen LogP contribution in [-0.4, -0.2) is 16.8 Å². The van der Waals surface area contributed by atoms with Gasteiger partial charge in [0.2, 0.25) is 10.0 Å². The van der Waals surface area contributed by atoms with Gasteiger partial charge in [0, 0.05) is 11.4 Å². The molecule has 29 heavy (non-hydrogen) atoms. The Morgan fingerprint density at radius 1 is 0.724 bits per heavy atom. The van der Waals surface area contributed by atoms with E-state index in [0.717, 1.165) is 11.1 Å². The van der Waals surface area contributed by atoms with E-state index in [0.29, 0.717) is 16.9 Å². The topological polar surface area (TPSA) is 92.3 Å². The van der Waals surface area contributed by atoms with E-state index in [-0.39, 0.29) is 10.6 Å². The summed E-state index contributed by atoms with van der Waals surface area (Å²) in [6, 6.07) is 19.9. The molecule has 0 saturated carbocycles. The number of benzene rings is 3. The zero-order valence-electron chi connectivity index (χ0n) is 16.1. The third-order valence-electron chi connectivity index (χ3n) is 4.32. The summed E-state index contributed by atoms with van der Waals surface area (Å²) in [5, 5.41) is 0. The second-order valence-electron chi connectivity index (χ2n) is 6.79. The predicted octanol–water partition coefficient (Wildman–Crippen LogP) is 4.05. The van der Waals surface area contributed by atoms with Crippen molar-refractivity contribution >= 4 is 31.4 Å². The predicted molar refractivity (Wildman–Crippen MR) is 116 cm³/mol. The molecule has 8 heteroatoms. The Labute approximate surface area is 171 Å². The lowest BCUT2D eigenvalue weighted by molar-refractivity contribution is 0.599. The summed E-state index contributed by atoms with van der Waals surface area (Å²) in [5.74, 6) is -0.158. The molecule has 6 nitrogen and oxygen atoms in total. The summed E-state index contributed by atoms with van der Waals surface area (Å²) >= 11 is 0. The van der Waals surface area contributed by atoms with Gasteiger partial charge in [-0.25, -0.2) is 16.8 Å². The molecule has 3 aromatic carbocycles. The number of hydrogen-bond acceptors (Lipinski definition) is 4. The number of sulfonamides is 2. The van der Waals surface area contributed by atoms with E-state index in [1.807, 2.05) is 32.0 Å². The molecule has 0 aromatic heterocycles. The summed E-state index contributed by atoms with van der Waals surface area (Å²) in [6.07, 6.45) is 0. The van der Waals surface area contributed by atoms with Gasteiger partial charge in [-0.3, -0.25) is 9.44 Å². The third kappa shape index (κ3) is 5.58. The summed E-state index contributed by atoms with van der Waals surface area (Å²) < 4.78 is 54.9. The van der Waals surface area contributed by atoms with Crippen molar-refractivity contribution < 1.29 is 16.8 Å². The lowest BCUT2D eigenvalue weighted by Gasteiger charge is -2.11. The molecule has 2 N–H and O–H groups in total. The lowest BCUT2D eigenvalue weighted by atomic mass is 10.1. The van der Waals surface area contributed by atoms with Crippen LogP contribution in [0.1, 0.15) is 16.7 Å². The van der Waals surface area contributed by atoms with E-state index >= 15 is 0 Å². The van der Waals surface area contributed by atoms with Gasteiger partial charge in [0.1, 0.15) is 0 Å². The monoisotopic (exact) mass is 430 g/mol. The number of nitrogens with one attached hydrogen (secondary N) is 2. The van der Waals surface area contributed by atoms with E-state index in [9.17, 15) is 16.8 Å². The van der Waals surface area contributed by atoms with E-state index in [1.54, 1.807) is 30.3 Å². The molecule has 3 rings (SSSR count). The quantitative estimate of drug-likeness (QED) is 0.592. The van der Waals surface area contributed by atoms with E-state index in [4.69, 9.17) is 0 Å². The maximum atomic E-state index is 12.5.